The molecular formula is C37H36F2N2O6. The number of nitrogens with one attached hydrogen (secondary N) is 1. The normalized spacial score (nSPS) is 26.3. The summed E-state index contributed by atoms with van der Waals surface area (Å²) in [5, 5.41) is 0.676. The van der Waals surface area contributed by atoms with E-state index >= 15 is 0 Å². The fourth-order valence-corrected chi connectivity index (χ4v) is 7.68. The van der Waals surface area contributed by atoms with Crippen LogP contribution >= 0.6 is 0 Å². The number of fused-ring (bicyclic) bond motifs is 3. The molecule has 4 atom stereocenters. The van der Waals surface area contributed by atoms with Crippen molar-refractivity contribution < 1.29 is 37.4 Å². The Balaban J connectivity index is 1.27. The average Bonchev–Trinajstić information content (AvgIpc) is 3.58. The van der Waals surface area contributed by atoms with Gasteiger partial charge in [0.2, 0.25) is 5.60 Å². The van der Waals surface area contributed by atoms with Crippen LogP contribution in [-0.2, 0) is 30.4 Å². The molecule has 10 heteroatoms. The third-order valence-electron chi connectivity index (χ3n) is 11.0. The Morgan fingerprint density at radius 3 is 2.38 bits per heavy atom. The van der Waals surface area contributed by atoms with Crippen molar-refractivity contribution in [3.63, 3.8) is 0 Å². The lowest BCUT2D eigenvalue weighted by Crippen LogP contribution is -2.52. The van der Waals surface area contributed by atoms with Crippen LogP contribution in [-0.4, -0.2) is 52.7 Å². The zero-order valence-electron chi connectivity index (χ0n) is 26.5. The number of rotatable bonds is 6. The number of H-pyrrole nitrogens is 1. The summed E-state index contributed by atoms with van der Waals surface area (Å²) >= 11 is 0. The van der Waals surface area contributed by atoms with Crippen molar-refractivity contribution in [1.29, 1.82) is 0 Å². The highest BCUT2D eigenvalue weighted by Gasteiger charge is 2.76. The number of likely N-dealkylation sites (tertiary alicyclic amines) is 1. The van der Waals surface area contributed by atoms with Gasteiger partial charge in [0, 0.05) is 41.7 Å². The summed E-state index contributed by atoms with van der Waals surface area (Å²) in [5.74, 6) is -2.47. The number of esters is 2. The Labute approximate surface area is 271 Å². The minimum absolute atomic E-state index is 0.0915. The summed E-state index contributed by atoms with van der Waals surface area (Å²) in [6.45, 7) is 6.04. The quantitative estimate of drug-likeness (QED) is 0.176. The summed E-state index contributed by atoms with van der Waals surface area (Å²) in [5.41, 5.74) is 0.231. The first-order valence-corrected chi connectivity index (χ1v) is 15.9. The molecule has 1 N–H and O–H groups in total. The molecule has 1 saturated carbocycles. The van der Waals surface area contributed by atoms with E-state index in [1.165, 1.54) is 24.3 Å². The van der Waals surface area contributed by atoms with Crippen molar-refractivity contribution >= 4 is 28.9 Å². The first-order chi connectivity index (χ1) is 22.4. The number of nitrogens with zero attached hydrogens (tertiary/aromatic N) is 1. The number of ether oxygens (including phenoxy) is 3. The molecule has 0 radical (unpaired) electrons. The van der Waals surface area contributed by atoms with Crippen LogP contribution < -0.4 is 0 Å². The van der Waals surface area contributed by atoms with E-state index in [-0.39, 0.29) is 26.1 Å². The second kappa shape index (κ2) is 11.2. The van der Waals surface area contributed by atoms with Crippen LogP contribution in [0.2, 0.25) is 0 Å². The van der Waals surface area contributed by atoms with Crippen LogP contribution in [0.3, 0.4) is 0 Å². The number of halogens is 2. The topological polar surface area (TPSA) is 97.9 Å². The summed E-state index contributed by atoms with van der Waals surface area (Å²) in [6.07, 6.45) is -0.126. The van der Waals surface area contributed by atoms with Gasteiger partial charge in [-0.2, -0.15) is 0 Å². The van der Waals surface area contributed by atoms with Crippen LogP contribution in [0.5, 0.6) is 0 Å². The molecule has 1 amide bonds. The first kappa shape index (κ1) is 30.9. The van der Waals surface area contributed by atoms with E-state index in [0.717, 1.165) is 5.56 Å². The van der Waals surface area contributed by atoms with Crippen molar-refractivity contribution in [3.8, 4) is 11.3 Å². The zero-order chi connectivity index (χ0) is 33.1. The molecule has 4 aromatic rings. The lowest BCUT2D eigenvalue weighted by molar-refractivity contribution is -0.189. The highest BCUT2D eigenvalue weighted by atomic mass is 19.1. The Bertz CT molecular complexity index is 1870. The molecule has 3 fully saturated rings. The van der Waals surface area contributed by atoms with Gasteiger partial charge in [0.05, 0.1) is 11.1 Å². The predicted molar refractivity (Wildman–Crippen MR) is 169 cm³/mol. The Kier molecular flexibility index (Phi) is 7.37. The number of carbonyl (C=O) groups is 3. The van der Waals surface area contributed by atoms with Crippen LogP contribution in [0.1, 0.15) is 57.1 Å². The third kappa shape index (κ3) is 4.87. The number of hydrogen-bond donors (Lipinski definition) is 1. The maximum absolute atomic E-state index is 14.5. The Hall–Kier alpha value is -4.73. The number of carbonyl (C=O) groups excluding carboxylic acids is 3. The Morgan fingerprint density at radius 2 is 1.70 bits per heavy atom. The monoisotopic (exact) mass is 642 g/mol. The molecule has 1 aromatic heterocycles. The number of hydrogen-bond acceptors (Lipinski definition) is 6. The summed E-state index contributed by atoms with van der Waals surface area (Å²) in [4.78, 5) is 45.4. The van der Waals surface area contributed by atoms with Gasteiger partial charge < -0.3 is 24.1 Å². The average molecular weight is 643 g/mol. The molecule has 3 heterocycles. The third-order valence-corrected chi connectivity index (χ3v) is 11.0. The highest BCUT2D eigenvalue weighted by Crippen LogP contribution is 2.66. The number of aromatic amines is 1. The van der Waals surface area contributed by atoms with Crippen LogP contribution in [0, 0.1) is 22.5 Å². The summed E-state index contributed by atoms with van der Waals surface area (Å²) < 4.78 is 46.3. The molecule has 3 aromatic carbocycles. The fourth-order valence-electron chi connectivity index (χ4n) is 7.68. The molecule has 47 heavy (non-hydrogen) atoms. The van der Waals surface area contributed by atoms with Gasteiger partial charge in [-0.1, -0.05) is 44.2 Å². The maximum Gasteiger partial charge on any atom is 0.410 e. The van der Waals surface area contributed by atoms with Crippen molar-refractivity contribution in [1.82, 2.24) is 9.88 Å². The molecular weight excluding hydrogens is 606 g/mol. The molecule has 2 saturated heterocycles. The molecule has 244 valence electrons. The van der Waals surface area contributed by atoms with Crippen molar-refractivity contribution in [2.75, 3.05) is 13.1 Å². The van der Waals surface area contributed by atoms with Gasteiger partial charge in [0.1, 0.15) is 24.3 Å². The fraction of sp³-hybridized carbons (Fsp3) is 0.378. The van der Waals surface area contributed by atoms with Gasteiger partial charge in [0.25, 0.3) is 0 Å². The van der Waals surface area contributed by atoms with Gasteiger partial charge in [-0.3, -0.25) is 4.79 Å². The lowest BCUT2D eigenvalue weighted by atomic mass is 9.66. The predicted octanol–water partition coefficient (Wildman–Crippen LogP) is 7.27. The largest absolute Gasteiger partial charge is 0.459 e. The second-order valence-corrected chi connectivity index (χ2v) is 13.6. The smallest absolute Gasteiger partial charge is 0.410 e. The van der Waals surface area contributed by atoms with Crippen molar-refractivity contribution in [2.24, 2.45) is 10.8 Å². The van der Waals surface area contributed by atoms with E-state index in [1.807, 2.05) is 51.1 Å². The van der Waals surface area contributed by atoms with Crippen molar-refractivity contribution in [3.05, 3.63) is 95.6 Å². The second-order valence-electron chi connectivity index (χ2n) is 13.6. The van der Waals surface area contributed by atoms with E-state index < -0.39 is 58.1 Å². The maximum atomic E-state index is 14.5. The van der Waals surface area contributed by atoms with Gasteiger partial charge in [-0.25, -0.2) is 18.4 Å². The van der Waals surface area contributed by atoms with E-state index in [4.69, 9.17) is 14.2 Å². The van der Waals surface area contributed by atoms with Gasteiger partial charge >= 0.3 is 18.0 Å². The standard InChI is InChI=1S/C37H36F2N2O6/c1-35(2)36(3)16-17-37(35,47-32(36)42)33(43)46-29-15-18-41(34(44)45-21-22-7-5-4-6-8-22)20-27(29)30-26-14-13-25(39)19-28(26)40-31(30)23-9-11-24(38)12-10-23/h4-14,19,27,29,40H,15-18,20-21H2,1-3H3/t27-,29-,36-,37+/m1/s1. The molecule has 8 nitrogen and oxygen atoms in total. The SMILES string of the molecule is CC1(C)[C@@]2(C(=O)O[C@@H]3CCN(C(=O)OCc4ccccc4)C[C@H]3c3c(-c4ccc(F)cc4)[nH]c4cc(F)ccc34)CC[C@]1(C)C(=O)O2. The zero-order valence-corrected chi connectivity index (χ0v) is 26.5. The molecule has 0 unspecified atom stereocenters. The molecule has 7 rings (SSSR count). The number of amides is 1. The van der Waals surface area contributed by atoms with E-state index in [0.29, 0.717) is 40.6 Å². The molecule has 2 aliphatic heterocycles. The molecule has 0 spiro atoms. The molecule has 1 aliphatic carbocycles. The minimum atomic E-state index is -1.43. The van der Waals surface area contributed by atoms with E-state index in [2.05, 4.69) is 4.98 Å². The summed E-state index contributed by atoms with van der Waals surface area (Å²) in [7, 11) is 0. The Morgan fingerprint density at radius 1 is 0.979 bits per heavy atom. The van der Waals surface area contributed by atoms with Crippen LogP contribution in [0.25, 0.3) is 22.2 Å². The molecule has 3 aliphatic rings. The van der Waals surface area contributed by atoms with E-state index in [9.17, 15) is 23.2 Å². The van der Waals surface area contributed by atoms with Gasteiger partial charge in [-0.05, 0) is 78.9 Å². The highest BCUT2D eigenvalue weighted by molar-refractivity contribution is 5.94. The molecule has 2 bridgehead atoms. The minimum Gasteiger partial charge on any atom is -0.459 e. The van der Waals surface area contributed by atoms with Crippen LogP contribution in [0.15, 0.2) is 72.8 Å². The number of piperidine rings is 1. The number of aromatic nitrogens is 1. The number of benzene rings is 3. The van der Waals surface area contributed by atoms with Gasteiger partial charge in [-0.15, -0.1) is 0 Å². The van der Waals surface area contributed by atoms with Crippen LogP contribution in [0.4, 0.5) is 13.6 Å². The first-order valence-electron chi connectivity index (χ1n) is 15.9. The van der Waals surface area contributed by atoms with E-state index in [1.54, 1.807) is 23.1 Å². The van der Waals surface area contributed by atoms with Crippen molar-refractivity contribution in [2.45, 2.75) is 64.3 Å². The summed E-state index contributed by atoms with van der Waals surface area (Å²) in [6, 6.07) is 19.6. The van der Waals surface area contributed by atoms with Gasteiger partial charge in [0.15, 0.2) is 0 Å². The lowest BCUT2D eigenvalue weighted by Gasteiger charge is -2.40.